The van der Waals surface area contributed by atoms with Crippen LogP contribution in [0.15, 0.2) is 66.7 Å². The monoisotopic (exact) mass is 480 g/mol. The van der Waals surface area contributed by atoms with Gasteiger partial charge in [-0.1, -0.05) is 35.9 Å². The van der Waals surface area contributed by atoms with Gasteiger partial charge in [0, 0.05) is 23.0 Å². The molecule has 3 atom stereocenters. The van der Waals surface area contributed by atoms with Crippen LogP contribution in [0.1, 0.15) is 60.4 Å². The molecule has 1 unspecified atom stereocenters. The summed E-state index contributed by atoms with van der Waals surface area (Å²) in [6.45, 7) is 2.00. The fraction of sp³-hybridized carbons (Fsp3) is 0.321. The normalized spacial score (nSPS) is 17.3. The molecule has 3 nitrogen and oxygen atoms in total. The Labute approximate surface area is 204 Å². The molecule has 0 amide bonds. The fourth-order valence-electron chi connectivity index (χ4n) is 4.81. The molecule has 2 N–H and O–H groups in total. The van der Waals surface area contributed by atoms with E-state index in [9.17, 15) is 19.1 Å². The summed E-state index contributed by atoms with van der Waals surface area (Å²) in [5, 5.41) is 24.8. The van der Waals surface area contributed by atoms with Crippen molar-refractivity contribution in [1.82, 2.24) is 5.32 Å². The minimum atomic E-state index is -1.08. The molecule has 1 aliphatic carbocycles. The van der Waals surface area contributed by atoms with Gasteiger partial charge in [-0.15, -0.1) is 0 Å². The number of rotatable bonds is 8. The van der Waals surface area contributed by atoms with Crippen molar-refractivity contribution in [2.45, 2.75) is 56.2 Å². The minimum absolute atomic E-state index is 0.0703. The first-order chi connectivity index (χ1) is 16.3. The van der Waals surface area contributed by atoms with E-state index in [4.69, 9.17) is 11.6 Å². The van der Waals surface area contributed by atoms with Crippen molar-refractivity contribution in [3.8, 4) is 6.07 Å². The second-order valence-corrected chi connectivity index (χ2v) is 9.66. The summed E-state index contributed by atoms with van der Waals surface area (Å²) >= 11 is 6.06. The van der Waals surface area contributed by atoms with Crippen LogP contribution in [0.4, 0.5) is 8.78 Å². The Bertz CT molecular complexity index is 1170. The van der Waals surface area contributed by atoms with Gasteiger partial charge in [0.05, 0.1) is 23.3 Å². The van der Waals surface area contributed by atoms with E-state index in [1.807, 2.05) is 49.4 Å². The molecule has 34 heavy (non-hydrogen) atoms. The lowest BCUT2D eigenvalue weighted by atomic mass is 9.71. The van der Waals surface area contributed by atoms with Gasteiger partial charge in [-0.05, 0) is 85.7 Å². The number of hydrogen-bond donors (Lipinski definition) is 2. The van der Waals surface area contributed by atoms with Gasteiger partial charge >= 0.3 is 0 Å². The van der Waals surface area contributed by atoms with E-state index in [0.29, 0.717) is 35.4 Å². The van der Waals surface area contributed by atoms with Crippen LogP contribution in [-0.4, -0.2) is 16.7 Å². The lowest BCUT2D eigenvalue weighted by Gasteiger charge is -2.45. The first-order valence-corrected chi connectivity index (χ1v) is 11.8. The highest BCUT2D eigenvalue weighted by Gasteiger charge is 2.44. The summed E-state index contributed by atoms with van der Waals surface area (Å²) in [6.07, 6.45) is 2.63. The summed E-state index contributed by atoms with van der Waals surface area (Å²) in [6, 6.07) is 19.9. The van der Waals surface area contributed by atoms with E-state index in [-0.39, 0.29) is 12.0 Å². The first-order valence-electron chi connectivity index (χ1n) is 11.5. The molecule has 0 saturated heterocycles. The second kappa shape index (κ2) is 10.2. The van der Waals surface area contributed by atoms with Crippen LogP contribution >= 0.6 is 11.6 Å². The van der Waals surface area contributed by atoms with Gasteiger partial charge in [-0.25, -0.2) is 8.78 Å². The highest BCUT2D eigenvalue weighted by atomic mass is 35.5. The maximum Gasteiger partial charge on any atom is 0.126 e. The molecule has 1 aliphatic rings. The Morgan fingerprint density at radius 3 is 2.29 bits per heavy atom. The van der Waals surface area contributed by atoms with Gasteiger partial charge in [-0.2, -0.15) is 5.26 Å². The Balaban J connectivity index is 1.69. The Morgan fingerprint density at radius 2 is 1.71 bits per heavy atom. The zero-order chi connectivity index (χ0) is 24.3. The van der Waals surface area contributed by atoms with Crippen LogP contribution in [0, 0.1) is 23.0 Å². The van der Waals surface area contributed by atoms with Crippen LogP contribution in [0.25, 0.3) is 0 Å². The number of nitrogens with one attached hydrogen (secondary N) is 1. The van der Waals surface area contributed by atoms with Gasteiger partial charge in [0.2, 0.25) is 0 Å². The lowest BCUT2D eigenvalue weighted by Crippen LogP contribution is -2.52. The largest absolute Gasteiger partial charge is 0.388 e. The smallest absolute Gasteiger partial charge is 0.126 e. The molecule has 0 spiro atoms. The molecule has 6 heteroatoms. The molecule has 3 aromatic rings. The molecule has 0 aromatic heterocycles. The minimum Gasteiger partial charge on any atom is -0.388 e. The van der Waals surface area contributed by atoms with E-state index in [0.717, 1.165) is 23.6 Å². The van der Waals surface area contributed by atoms with Crippen molar-refractivity contribution in [2.75, 3.05) is 0 Å². The third-order valence-electron chi connectivity index (χ3n) is 6.82. The average molecular weight is 481 g/mol. The van der Waals surface area contributed by atoms with Crippen molar-refractivity contribution in [2.24, 2.45) is 0 Å². The van der Waals surface area contributed by atoms with Crippen molar-refractivity contribution in [3.05, 3.63) is 106 Å². The summed E-state index contributed by atoms with van der Waals surface area (Å²) in [4.78, 5) is 0. The Kier molecular flexibility index (Phi) is 7.33. The maximum absolute atomic E-state index is 14.1. The number of benzene rings is 3. The topological polar surface area (TPSA) is 56.0 Å². The van der Waals surface area contributed by atoms with Crippen LogP contribution in [0.3, 0.4) is 0 Å². The summed E-state index contributed by atoms with van der Waals surface area (Å²) in [7, 11) is 0. The van der Waals surface area contributed by atoms with E-state index >= 15 is 0 Å². The Morgan fingerprint density at radius 1 is 1.03 bits per heavy atom. The predicted octanol–water partition coefficient (Wildman–Crippen LogP) is 6.45. The van der Waals surface area contributed by atoms with E-state index < -0.39 is 23.3 Å². The van der Waals surface area contributed by atoms with Gasteiger partial charge in [0.1, 0.15) is 11.6 Å². The number of halogens is 3. The first kappa shape index (κ1) is 24.3. The highest BCUT2D eigenvalue weighted by molar-refractivity contribution is 6.30. The molecule has 4 rings (SSSR count). The van der Waals surface area contributed by atoms with Crippen molar-refractivity contribution >= 4 is 11.6 Å². The third-order valence-corrected chi connectivity index (χ3v) is 7.07. The summed E-state index contributed by atoms with van der Waals surface area (Å²) in [5.74, 6) is -1.41. The quantitative estimate of drug-likeness (QED) is 0.389. The summed E-state index contributed by atoms with van der Waals surface area (Å²) in [5.41, 5.74) is 1.92. The van der Waals surface area contributed by atoms with Crippen LogP contribution < -0.4 is 5.32 Å². The third kappa shape index (κ3) is 5.47. The number of nitriles is 1. The molecule has 0 heterocycles. The molecule has 176 valence electrons. The standard InChI is InChI=1S/C28H27ClF2N2O/c1-18(33-27(28(34)10-3-11-28)22-14-24(30)16-25(31)15-22)26(13-19-6-8-23(29)9-7-19)21-5-2-4-20(12-21)17-32/h2,4-9,12,14-16,18,26-27,33-34H,3,10-11,13H2,1H3/t18-,26?,27-/m0/s1. The maximum atomic E-state index is 14.1. The van der Waals surface area contributed by atoms with Crippen LogP contribution in [0.2, 0.25) is 5.02 Å². The van der Waals surface area contributed by atoms with E-state index in [1.165, 1.54) is 12.1 Å². The zero-order valence-electron chi connectivity index (χ0n) is 18.9. The number of aliphatic hydroxyl groups is 1. The zero-order valence-corrected chi connectivity index (χ0v) is 19.7. The van der Waals surface area contributed by atoms with Gasteiger partial charge in [0.15, 0.2) is 0 Å². The van der Waals surface area contributed by atoms with Gasteiger partial charge < -0.3 is 10.4 Å². The molecule has 1 saturated carbocycles. The highest BCUT2D eigenvalue weighted by Crippen LogP contribution is 2.43. The molecule has 0 radical (unpaired) electrons. The average Bonchev–Trinajstić information content (AvgIpc) is 2.80. The molecule has 1 fully saturated rings. The Hall–Kier alpha value is -2.78. The van der Waals surface area contributed by atoms with E-state index in [1.54, 1.807) is 6.07 Å². The molecule has 3 aromatic carbocycles. The second-order valence-electron chi connectivity index (χ2n) is 9.22. The van der Waals surface area contributed by atoms with Gasteiger partial charge in [0.25, 0.3) is 0 Å². The van der Waals surface area contributed by atoms with Crippen LogP contribution in [0.5, 0.6) is 0 Å². The SMILES string of the molecule is C[C@H](N[C@@H](c1cc(F)cc(F)c1)C1(O)CCC1)C(Cc1ccc(Cl)cc1)c1cccc(C#N)c1. The lowest BCUT2D eigenvalue weighted by molar-refractivity contribution is -0.0695. The number of nitrogens with zero attached hydrogens (tertiary/aromatic N) is 1. The number of hydrogen-bond acceptors (Lipinski definition) is 3. The van der Waals surface area contributed by atoms with Crippen molar-refractivity contribution in [1.29, 1.82) is 5.26 Å². The van der Waals surface area contributed by atoms with Gasteiger partial charge in [-0.3, -0.25) is 0 Å². The van der Waals surface area contributed by atoms with E-state index in [2.05, 4.69) is 11.4 Å². The predicted molar refractivity (Wildman–Crippen MR) is 130 cm³/mol. The molecule has 0 aliphatic heterocycles. The molecular weight excluding hydrogens is 454 g/mol. The molecule has 0 bridgehead atoms. The fourth-order valence-corrected chi connectivity index (χ4v) is 4.93. The molecular formula is C28H27ClF2N2O. The van der Waals surface area contributed by atoms with Crippen molar-refractivity contribution < 1.29 is 13.9 Å². The van der Waals surface area contributed by atoms with Crippen LogP contribution in [-0.2, 0) is 6.42 Å². The summed E-state index contributed by atoms with van der Waals surface area (Å²) < 4.78 is 28.1. The van der Waals surface area contributed by atoms with Crippen molar-refractivity contribution in [3.63, 3.8) is 0 Å².